The van der Waals surface area contributed by atoms with E-state index in [-0.39, 0.29) is 17.8 Å². The van der Waals surface area contributed by atoms with Crippen molar-refractivity contribution in [2.45, 2.75) is 52.2 Å². The Morgan fingerprint density at radius 2 is 1.92 bits per heavy atom. The Labute approximate surface area is 148 Å². The first kappa shape index (κ1) is 19.2. The summed E-state index contributed by atoms with van der Waals surface area (Å²) in [6.45, 7) is 5.92. The number of hydrogen-bond acceptors (Lipinski definition) is 3. The van der Waals surface area contributed by atoms with Gasteiger partial charge in [0.15, 0.2) is 6.10 Å². The lowest BCUT2D eigenvalue weighted by Crippen LogP contribution is -2.47. The molecule has 1 N–H and O–H groups in total. The highest BCUT2D eigenvalue weighted by Gasteiger charge is 2.29. The third-order valence-electron chi connectivity index (χ3n) is 4.98. The Morgan fingerprint density at radius 3 is 2.60 bits per heavy atom. The molecule has 1 aliphatic carbocycles. The van der Waals surface area contributed by atoms with Gasteiger partial charge in [0.25, 0.3) is 5.91 Å². The van der Waals surface area contributed by atoms with Gasteiger partial charge >= 0.3 is 5.97 Å². The first-order chi connectivity index (χ1) is 11.9. The fraction of sp³-hybridized carbons (Fsp3) is 0.500. The van der Waals surface area contributed by atoms with Crippen molar-refractivity contribution in [3.63, 3.8) is 0 Å². The van der Waals surface area contributed by atoms with Crippen LogP contribution in [0.4, 0.5) is 4.39 Å². The van der Waals surface area contributed by atoms with Crippen LogP contribution in [0.15, 0.2) is 30.3 Å². The van der Waals surface area contributed by atoms with E-state index in [2.05, 4.69) is 19.2 Å². The van der Waals surface area contributed by atoms with E-state index in [1.807, 2.05) is 0 Å². The van der Waals surface area contributed by atoms with Crippen LogP contribution in [0.25, 0.3) is 6.08 Å². The number of hydrogen-bond donors (Lipinski definition) is 1. The van der Waals surface area contributed by atoms with Crippen LogP contribution < -0.4 is 5.32 Å². The molecule has 0 spiro atoms. The number of carbonyl (C=O) groups excluding carboxylic acids is 2. The van der Waals surface area contributed by atoms with Gasteiger partial charge in [-0.1, -0.05) is 38.8 Å². The Hall–Kier alpha value is -2.17. The van der Waals surface area contributed by atoms with Gasteiger partial charge in [-0.3, -0.25) is 4.79 Å². The lowest BCUT2D eigenvalue weighted by molar-refractivity contribution is -0.150. The van der Waals surface area contributed by atoms with Gasteiger partial charge < -0.3 is 10.1 Å². The van der Waals surface area contributed by atoms with E-state index in [0.29, 0.717) is 17.4 Å². The molecule has 2 rings (SSSR count). The largest absolute Gasteiger partial charge is 0.449 e. The van der Waals surface area contributed by atoms with Gasteiger partial charge in [-0.2, -0.15) is 0 Å². The van der Waals surface area contributed by atoms with E-state index >= 15 is 0 Å². The van der Waals surface area contributed by atoms with Gasteiger partial charge in [-0.25, -0.2) is 9.18 Å². The SMILES string of the molecule is C[C@H]1[C@@H](NC(=O)[C@@H](C)OC(=O)/C=C/c2ccc(F)cc2)CCC[C@@H]1C. The van der Waals surface area contributed by atoms with Crippen molar-refractivity contribution in [1.82, 2.24) is 5.32 Å². The highest BCUT2D eigenvalue weighted by molar-refractivity contribution is 5.90. The van der Waals surface area contributed by atoms with Crippen LogP contribution >= 0.6 is 0 Å². The first-order valence-corrected chi connectivity index (χ1v) is 8.81. The molecule has 1 amide bonds. The second kappa shape index (κ2) is 8.79. The maximum atomic E-state index is 12.8. The van der Waals surface area contributed by atoms with Crippen LogP contribution in [0.5, 0.6) is 0 Å². The second-order valence-electron chi connectivity index (χ2n) is 6.85. The van der Waals surface area contributed by atoms with Crippen molar-refractivity contribution in [2.24, 2.45) is 11.8 Å². The molecule has 0 bridgehead atoms. The number of amides is 1. The van der Waals surface area contributed by atoms with Crippen molar-refractivity contribution in [3.8, 4) is 0 Å². The lowest BCUT2D eigenvalue weighted by atomic mass is 9.78. The maximum Gasteiger partial charge on any atom is 0.331 e. The van der Waals surface area contributed by atoms with Gasteiger partial charge in [0.1, 0.15) is 5.82 Å². The Morgan fingerprint density at radius 1 is 1.24 bits per heavy atom. The molecule has 0 radical (unpaired) electrons. The lowest BCUT2D eigenvalue weighted by Gasteiger charge is -2.35. The van der Waals surface area contributed by atoms with Gasteiger partial charge in [0.05, 0.1) is 0 Å². The predicted octanol–water partition coefficient (Wildman–Crippen LogP) is 3.71. The smallest absolute Gasteiger partial charge is 0.331 e. The van der Waals surface area contributed by atoms with Gasteiger partial charge in [0, 0.05) is 12.1 Å². The molecule has 1 saturated carbocycles. The second-order valence-corrected chi connectivity index (χ2v) is 6.85. The van der Waals surface area contributed by atoms with Crippen LogP contribution in [0.1, 0.15) is 45.6 Å². The molecule has 5 heteroatoms. The number of halogens is 1. The third kappa shape index (κ3) is 5.69. The number of esters is 1. The molecule has 25 heavy (non-hydrogen) atoms. The van der Waals surface area contributed by atoms with Crippen molar-refractivity contribution in [1.29, 1.82) is 0 Å². The van der Waals surface area contributed by atoms with E-state index in [9.17, 15) is 14.0 Å². The maximum absolute atomic E-state index is 12.8. The summed E-state index contributed by atoms with van der Waals surface area (Å²) in [5.41, 5.74) is 0.681. The highest BCUT2D eigenvalue weighted by Crippen LogP contribution is 2.29. The number of benzene rings is 1. The minimum atomic E-state index is -0.852. The van der Waals surface area contributed by atoms with Crippen molar-refractivity contribution >= 4 is 18.0 Å². The summed E-state index contributed by atoms with van der Waals surface area (Å²) in [4.78, 5) is 24.1. The Bertz CT molecular complexity index is 626. The number of carbonyl (C=O) groups is 2. The van der Waals surface area contributed by atoms with Crippen molar-refractivity contribution in [3.05, 3.63) is 41.7 Å². The Balaban J connectivity index is 1.83. The predicted molar refractivity (Wildman–Crippen MR) is 95.1 cm³/mol. The zero-order valence-electron chi connectivity index (χ0n) is 15.0. The minimum Gasteiger partial charge on any atom is -0.449 e. The van der Waals surface area contributed by atoms with E-state index < -0.39 is 12.1 Å². The fourth-order valence-electron chi connectivity index (χ4n) is 3.09. The normalized spacial score (nSPS) is 24.7. The number of rotatable bonds is 5. The fourth-order valence-corrected chi connectivity index (χ4v) is 3.09. The summed E-state index contributed by atoms with van der Waals surface area (Å²) < 4.78 is 18.0. The van der Waals surface area contributed by atoms with Crippen molar-refractivity contribution < 1.29 is 18.7 Å². The van der Waals surface area contributed by atoms with E-state index in [1.165, 1.54) is 30.7 Å². The molecule has 0 aromatic heterocycles. The van der Waals surface area contributed by atoms with Crippen LogP contribution in [0.3, 0.4) is 0 Å². The summed E-state index contributed by atoms with van der Waals surface area (Å²) in [7, 11) is 0. The number of ether oxygens (including phenoxy) is 1. The van der Waals surface area contributed by atoms with Crippen LogP contribution in [-0.2, 0) is 14.3 Å². The summed E-state index contributed by atoms with van der Waals surface area (Å²) in [5, 5.41) is 3.00. The molecule has 1 aromatic rings. The minimum absolute atomic E-state index is 0.132. The van der Waals surface area contributed by atoms with E-state index in [0.717, 1.165) is 12.8 Å². The average Bonchev–Trinajstić information content (AvgIpc) is 2.58. The van der Waals surface area contributed by atoms with E-state index in [1.54, 1.807) is 19.1 Å². The monoisotopic (exact) mass is 347 g/mol. The summed E-state index contributed by atoms with van der Waals surface area (Å²) in [6.07, 6.45) is 5.16. The molecule has 0 aliphatic heterocycles. The topological polar surface area (TPSA) is 55.4 Å². The van der Waals surface area contributed by atoms with Crippen LogP contribution in [-0.4, -0.2) is 24.0 Å². The summed E-state index contributed by atoms with van der Waals surface area (Å²) in [6, 6.07) is 5.87. The first-order valence-electron chi connectivity index (χ1n) is 8.81. The van der Waals surface area contributed by atoms with Crippen LogP contribution in [0, 0.1) is 17.7 Å². The molecule has 136 valence electrons. The number of nitrogens with one attached hydrogen (secondary N) is 1. The zero-order chi connectivity index (χ0) is 18.4. The quantitative estimate of drug-likeness (QED) is 0.652. The molecule has 1 aliphatic rings. The van der Waals surface area contributed by atoms with Gasteiger partial charge in [-0.15, -0.1) is 0 Å². The zero-order valence-corrected chi connectivity index (χ0v) is 15.0. The van der Waals surface area contributed by atoms with Gasteiger partial charge in [0.2, 0.25) is 0 Å². The third-order valence-corrected chi connectivity index (χ3v) is 4.98. The molecule has 4 nitrogen and oxygen atoms in total. The summed E-state index contributed by atoms with van der Waals surface area (Å²) >= 11 is 0. The molecular weight excluding hydrogens is 321 g/mol. The van der Waals surface area contributed by atoms with Crippen molar-refractivity contribution in [2.75, 3.05) is 0 Å². The van der Waals surface area contributed by atoms with Crippen LogP contribution in [0.2, 0.25) is 0 Å². The average molecular weight is 347 g/mol. The molecule has 1 fully saturated rings. The highest BCUT2D eigenvalue weighted by atomic mass is 19.1. The molecule has 0 saturated heterocycles. The molecule has 0 unspecified atom stereocenters. The molecule has 4 atom stereocenters. The summed E-state index contributed by atoms with van der Waals surface area (Å²) in [5.74, 6) is -0.211. The van der Waals surface area contributed by atoms with E-state index in [4.69, 9.17) is 4.74 Å². The molecule has 0 heterocycles. The standard InChI is InChI=1S/C20H26FNO3/c1-13-5-4-6-18(14(13)2)22-20(24)15(3)25-19(23)12-9-16-7-10-17(21)11-8-16/h7-15,18H,4-6H2,1-3H3,(H,22,24)/b12-9+/t13-,14+,15+,18-/m0/s1. The Kier molecular flexibility index (Phi) is 6.73. The molecular formula is C20H26FNO3. The van der Waals surface area contributed by atoms with Gasteiger partial charge in [-0.05, 0) is 49.0 Å². The molecule has 1 aromatic carbocycles.